The van der Waals surface area contributed by atoms with Crippen molar-refractivity contribution < 1.29 is 27.5 Å². The topological polar surface area (TPSA) is 100 Å². The Labute approximate surface area is 192 Å². The van der Waals surface area contributed by atoms with E-state index in [0.717, 1.165) is 12.1 Å². The Morgan fingerprint density at radius 3 is 2.56 bits per heavy atom. The Hall–Kier alpha value is -4.33. The molecule has 0 spiro atoms. The maximum absolute atomic E-state index is 13.3. The SMILES string of the molecule is COc1ccc(NC(=O)c2cnn3c2C(=O)N(c2ccc(C(F)(F)F)cc2)[C@@H](C)C3)cc1C#N. The number of halogens is 3. The number of amides is 2. The summed E-state index contributed by atoms with van der Waals surface area (Å²) < 4.78 is 45.2. The Morgan fingerprint density at radius 2 is 1.94 bits per heavy atom. The second kappa shape index (κ2) is 8.55. The summed E-state index contributed by atoms with van der Waals surface area (Å²) in [5.41, 5.74) is 0.00900. The predicted octanol–water partition coefficient (Wildman–Crippen LogP) is 4.08. The number of anilines is 2. The maximum Gasteiger partial charge on any atom is 0.416 e. The number of hydrogen-bond acceptors (Lipinski definition) is 5. The molecule has 1 aliphatic rings. The van der Waals surface area contributed by atoms with Crippen LogP contribution in [0.15, 0.2) is 48.7 Å². The second-order valence-corrected chi connectivity index (χ2v) is 7.64. The number of alkyl halides is 3. The van der Waals surface area contributed by atoms with Gasteiger partial charge in [-0.25, -0.2) is 0 Å². The fourth-order valence-electron chi connectivity index (χ4n) is 3.82. The molecule has 0 bridgehead atoms. The van der Waals surface area contributed by atoms with Crippen LogP contribution in [0.5, 0.6) is 5.75 Å². The Morgan fingerprint density at radius 1 is 1.24 bits per heavy atom. The van der Waals surface area contributed by atoms with E-state index in [9.17, 15) is 28.0 Å². The van der Waals surface area contributed by atoms with Crippen LogP contribution in [0.4, 0.5) is 24.5 Å². The molecule has 174 valence electrons. The van der Waals surface area contributed by atoms with Crippen molar-refractivity contribution in [3.8, 4) is 11.8 Å². The molecule has 1 aromatic heterocycles. The number of rotatable bonds is 4. The van der Waals surface area contributed by atoms with E-state index in [2.05, 4.69) is 10.4 Å². The van der Waals surface area contributed by atoms with Gasteiger partial charge >= 0.3 is 6.18 Å². The Balaban J connectivity index is 1.63. The summed E-state index contributed by atoms with van der Waals surface area (Å²) in [6, 6.07) is 10.3. The minimum atomic E-state index is -4.49. The van der Waals surface area contributed by atoms with Crippen LogP contribution in [0.3, 0.4) is 0 Å². The fourth-order valence-corrected chi connectivity index (χ4v) is 3.82. The van der Waals surface area contributed by atoms with E-state index in [0.29, 0.717) is 11.4 Å². The number of carbonyl (C=O) groups is 2. The van der Waals surface area contributed by atoms with Crippen LogP contribution >= 0.6 is 0 Å². The molecule has 3 aromatic rings. The van der Waals surface area contributed by atoms with Crippen LogP contribution in [-0.4, -0.2) is 34.7 Å². The van der Waals surface area contributed by atoms with Crippen LogP contribution in [0.1, 0.15) is 38.9 Å². The molecule has 0 fully saturated rings. The smallest absolute Gasteiger partial charge is 0.416 e. The zero-order chi connectivity index (χ0) is 24.6. The highest BCUT2D eigenvalue weighted by atomic mass is 19.4. The number of carbonyl (C=O) groups excluding carboxylic acids is 2. The fraction of sp³-hybridized carbons (Fsp3) is 0.217. The molecular weight excluding hydrogens is 451 g/mol. The monoisotopic (exact) mass is 469 g/mol. The lowest BCUT2D eigenvalue weighted by Crippen LogP contribution is -2.47. The number of methoxy groups -OCH3 is 1. The molecule has 0 saturated heterocycles. The maximum atomic E-state index is 13.3. The van der Waals surface area contributed by atoms with Crippen molar-refractivity contribution in [2.24, 2.45) is 0 Å². The zero-order valence-electron chi connectivity index (χ0n) is 18.1. The quantitative estimate of drug-likeness (QED) is 0.621. The largest absolute Gasteiger partial charge is 0.495 e. The number of aromatic nitrogens is 2. The van der Waals surface area contributed by atoms with Gasteiger partial charge < -0.3 is 15.0 Å². The highest BCUT2D eigenvalue weighted by molar-refractivity contribution is 6.15. The van der Waals surface area contributed by atoms with Gasteiger partial charge in [0.1, 0.15) is 17.5 Å². The summed E-state index contributed by atoms with van der Waals surface area (Å²) in [6.45, 7) is 1.98. The summed E-state index contributed by atoms with van der Waals surface area (Å²) in [4.78, 5) is 27.6. The third-order valence-corrected chi connectivity index (χ3v) is 5.43. The molecule has 0 radical (unpaired) electrons. The first-order chi connectivity index (χ1) is 16.1. The molecule has 1 atom stereocenters. The van der Waals surface area contributed by atoms with E-state index in [4.69, 9.17) is 4.74 Å². The van der Waals surface area contributed by atoms with Crippen molar-refractivity contribution in [3.05, 3.63) is 71.0 Å². The molecule has 1 N–H and O–H groups in total. The predicted molar refractivity (Wildman–Crippen MR) is 116 cm³/mol. The van der Waals surface area contributed by atoms with Crippen molar-refractivity contribution in [1.29, 1.82) is 5.26 Å². The first-order valence-corrected chi connectivity index (χ1v) is 10.1. The molecule has 8 nitrogen and oxygen atoms in total. The normalized spacial score (nSPS) is 15.5. The number of nitrogens with one attached hydrogen (secondary N) is 1. The third kappa shape index (κ3) is 4.05. The van der Waals surface area contributed by atoms with Crippen molar-refractivity contribution >= 4 is 23.2 Å². The lowest BCUT2D eigenvalue weighted by Gasteiger charge is -2.34. The Bertz CT molecular complexity index is 1310. The van der Waals surface area contributed by atoms with Gasteiger partial charge in [0.2, 0.25) is 0 Å². The molecule has 4 rings (SSSR count). The number of hydrogen-bond donors (Lipinski definition) is 1. The van der Waals surface area contributed by atoms with Gasteiger partial charge in [0.15, 0.2) is 0 Å². The zero-order valence-corrected chi connectivity index (χ0v) is 18.1. The molecule has 2 aromatic carbocycles. The van der Waals surface area contributed by atoms with E-state index in [1.807, 2.05) is 6.07 Å². The van der Waals surface area contributed by atoms with E-state index < -0.39 is 29.6 Å². The minimum absolute atomic E-state index is 0.00290. The summed E-state index contributed by atoms with van der Waals surface area (Å²) in [5, 5.41) is 16.0. The number of nitriles is 1. The van der Waals surface area contributed by atoms with Crippen LogP contribution < -0.4 is 15.0 Å². The van der Waals surface area contributed by atoms with Gasteiger partial charge in [0.25, 0.3) is 11.8 Å². The van der Waals surface area contributed by atoms with E-state index in [1.165, 1.54) is 47.2 Å². The lowest BCUT2D eigenvalue weighted by atomic mass is 10.1. The molecule has 0 unspecified atom stereocenters. The summed E-state index contributed by atoms with van der Waals surface area (Å²) >= 11 is 0. The van der Waals surface area contributed by atoms with Crippen LogP contribution in [0.2, 0.25) is 0 Å². The summed E-state index contributed by atoms with van der Waals surface area (Å²) in [6.07, 6.45) is -3.23. The van der Waals surface area contributed by atoms with E-state index in [1.54, 1.807) is 13.0 Å². The molecule has 34 heavy (non-hydrogen) atoms. The third-order valence-electron chi connectivity index (χ3n) is 5.43. The average molecular weight is 469 g/mol. The van der Waals surface area contributed by atoms with Gasteiger partial charge in [-0.05, 0) is 49.4 Å². The van der Waals surface area contributed by atoms with Crippen molar-refractivity contribution in [1.82, 2.24) is 9.78 Å². The first-order valence-electron chi connectivity index (χ1n) is 10.1. The van der Waals surface area contributed by atoms with Crippen molar-refractivity contribution in [3.63, 3.8) is 0 Å². The van der Waals surface area contributed by atoms with Gasteiger partial charge in [-0.1, -0.05) is 0 Å². The van der Waals surface area contributed by atoms with Gasteiger partial charge in [0.05, 0.1) is 42.6 Å². The highest BCUT2D eigenvalue weighted by Crippen LogP contribution is 2.33. The standard InChI is InChI=1S/C23H18F3N5O3/c1-13-12-30-20(22(33)31(13)17-6-3-15(4-7-17)23(24,25)26)18(11-28-30)21(32)29-16-5-8-19(34-2)14(9-16)10-27/h3-9,11,13H,12H2,1-2H3,(H,29,32)/t13-/m0/s1. The first kappa shape index (κ1) is 22.8. The molecule has 2 heterocycles. The van der Waals surface area contributed by atoms with Gasteiger partial charge in [-0.3, -0.25) is 14.3 Å². The van der Waals surface area contributed by atoms with Crippen molar-refractivity contribution in [2.45, 2.75) is 25.7 Å². The molecule has 0 saturated carbocycles. The molecular formula is C23H18F3N5O3. The Kier molecular flexibility index (Phi) is 5.75. The number of benzene rings is 2. The number of nitrogens with zero attached hydrogens (tertiary/aromatic N) is 4. The molecule has 11 heteroatoms. The van der Waals surface area contributed by atoms with Gasteiger partial charge in [0, 0.05) is 11.4 Å². The van der Waals surface area contributed by atoms with Crippen LogP contribution in [0, 0.1) is 11.3 Å². The van der Waals surface area contributed by atoms with E-state index in [-0.39, 0.29) is 29.1 Å². The number of ether oxygens (including phenoxy) is 1. The van der Waals surface area contributed by atoms with E-state index >= 15 is 0 Å². The molecule has 1 aliphatic heterocycles. The number of fused-ring (bicyclic) bond motifs is 1. The molecule has 0 aliphatic carbocycles. The van der Waals surface area contributed by atoms with Crippen LogP contribution in [-0.2, 0) is 12.7 Å². The van der Waals surface area contributed by atoms with Crippen LogP contribution in [0.25, 0.3) is 0 Å². The lowest BCUT2D eigenvalue weighted by molar-refractivity contribution is -0.137. The average Bonchev–Trinajstić information content (AvgIpc) is 3.23. The van der Waals surface area contributed by atoms with Gasteiger partial charge in [-0.2, -0.15) is 23.5 Å². The summed E-state index contributed by atoms with van der Waals surface area (Å²) in [5.74, 6) is -0.834. The minimum Gasteiger partial charge on any atom is -0.495 e. The van der Waals surface area contributed by atoms with Crippen molar-refractivity contribution in [2.75, 3.05) is 17.3 Å². The second-order valence-electron chi connectivity index (χ2n) is 7.64. The highest BCUT2D eigenvalue weighted by Gasteiger charge is 2.36. The summed E-state index contributed by atoms with van der Waals surface area (Å²) in [7, 11) is 1.42. The molecule has 2 amide bonds. The van der Waals surface area contributed by atoms with Gasteiger partial charge in [-0.15, -0.1) is 0 Å².